The van der Waals surface area contributed by atoms with Crippen LogP contribution in [0.25, 0.3) is 0 Å². The molecule has 5 heteroatoms. The number of halogens is 1. The first-order valence-electron chi connectivity index (χ1n) is 8.01. The molecule has 0 aliphatic carbocycles. The van der Waals surface area contributed by atoms with Gasteiger partial charge >= 0.3 is 0 Å². The maximum absolute atomic E-state index is 6.53. The number of benzene rings is 1. The molecule has 1 aromatic rings. The summed E-state index contributed by atoms with van der Waals surface area (Å²) in [5, 5.41) is 0.760. The van der Waals surface area contributed by atoms with Gasteiger partial charge in [-0.2, -0.15) is 0 Å². The van der Waals surface area contributed by atoms with Crippen LogP contribution >= 0.6 is 11.6 Å². The molecular formula is C17H31ClO2Si2. The van der Waals surface area contributed by atoms with E-state index in [1.807, 2.05) is 18.2 Å². The molecule has 1 aromatic carbocycles. The number of hydrogen-bond acceptors (Lipinski definition) is 2. The Morgan fingerprint density at radius 1 is 0.864 bits per heavy atom. The molecule has 1 rings (SSSR count). The van der Waals surface area contributed by atoms with Gasteiger partial charge < -0.3 is 8.85 Å². The quantitative estimate of drug-likeness (QED) is 0.547. The van der Waals surface area contributed by atoms with Crippen molar-refractivity contribution in [3.63, 3.8) is 0 Å². The zero-order chi connectivity index (χ0) is 17.1. The van der Waals surface area contributed by atoms with Crippen LogP contribution < -0.4 is 0 Å². The van der Waals surface area contributed by atoms with E-state index in [-0.39, 0.29) is 12.2 Å². The highest BCUT2D eigenvalue weighted by atomic mass is 35.5. The topological polar surface area (TPSA) is 18.5 Å². The second-order valence-corrected chi connectivity index (χ2v) is 17.4. The minimum absolute atomic E-state index is 0.0262. The molecule has 22 heavy (non-hydrogen) atoms. The summed E-state index contributed by atoms with van der Waals surface area (Å²) in [5.41, 5.74) is 1.04. The van der Waals surface area contributed by atoms with Gasteiger partial charge in [-0.1, -0.05) is 43.6 Å². The lowest BCUT2D eigenvalue weighted by atomic mass is 9.96. The van der Waals surface area contributed by atoms with Gasteiger partial charge in [-0.3, -0.25) is 0 Å². The maximum atomic E-state index is 6.53. The Hall–Kier alpha value is -0.136. The second kappa shape index (κ2) is 7.62. The third kappa shape index (κ3) is 6.54. The third-order valence-corrected chi connectivity index (χ3v) is 5.42. The largest absolute Gasteiger partial charge is 0.412 e. The van der Waals surface area contributed by atoms with Crippen LogP contribution in [0, 0.1) is 5.92 Å². The Bertz CT molecular complexity index is 478. The van der Waals surface area contributed by atoms with Crippen LogP contribution in [-0.2, 0) is 8.85 Å². The van der Waals surface area contributed by atoms with Crippen molar-refractivity contribution in [2.45, 2.75) is 65.3 Å². The molecule has 0 N–H and O–H groups in total. The lowest BCUT2D eigenvalue weighted by Gasteiger charge is -2.38. The van der Waals surface area contributed by atoms with Crippen molar-refractivity contribution >= 4 is 28.2 Å². The van der Waals surface area contributed by atoms with Crippen molar-refractivity contribution in [2.75, 3.05) is 0 Å². The smallest absolute Gasteiger partial charge is 0.184 e. The summed E-state index contributed by atoms with van der Waals surface area (Å²) in [6, 6.07) is 7.98. The normalized spacial score (nSPS) is 15.9. The van der Waals surface area contributed by atoms with E-state index in [4.69, 9.17) is 20.5 Å². The van der Waals surface area contributed by atoms with Crippen LogP contribution in [0.15, 0.2) is 24.3 Å². The van der Waals surface area contributed by atoms with E-state index in [1.54, 1.807) is 0 Å². The molecule has 0 fully saturated rings. The minimum Gasteiger partial charge on any atom is -0.412 e. The average molecular weight is 359 g/mol. The maximum Gasteiger partial charge on any atom is 0.184 e. The van der Waals surface area contributed by atoms with E-state index in [0.717, 1.165) is 10.6 Å². The molecule has 0 bridgehead atoms. The zero-order valence-corrected chi connectivity index (χ0v) is 18.0. The molecule has 0 unspecified atom stereocenters. The Labute approximate surface area is 143 Å². The van der Waals surface area contributed by atoms with E-state index in [0.29, 0.717) is 5.92 Å². The van der Waals surface area contributed by atoms with Crippen LogP contribution in [-0.4, -0.2) is 22.7 Å². The van der Waals surface area contributed by atoms with Gasteiger partial charge in [-0.05, 0) is 51.3 Å². The first-order valence-corrected chi connectivity index (χ1v) is 15.2. The van der Waals surface area contributed by atoms with Crippen LogP contribution in [0.2, 0.25) is 44.3 Å². The van der Waals surface area contributed by atoms with Crippen molar-refractivity contribution in [3.05, 3.63) is 34.9 Å². The van der Waals surface area contributed by atoms with Gasteiger partial charge in [-0.25, -0.2) is 0 Å². The van der Waals surface area contributed by atoms with Crippen molar-refractivity contribution in [3.8, 4) is 0 Å². The fourth-order valence-corrected chi connectivity index (χ4v) is 4.83. The summed E-state index contributed by atoms with van der Waals surface area (Å²) in [6.07, 6.45) is -0.0783. The van der Waals surface area contributed by atoms with Crippen molar-refractivity contribution < 1.29 is 8.85 Å². The fraction of sp³-hybridized carbons (Fsp3) is 0.647. The van der Waals surface area contributed by atoms with Gasteiger partial charge in [-0.15, -0.1) is 0 Å². The number of hydrogen-bond donors (Lipinski definition) is 0. The minimum atomic E-state index is -1.73. The van der Waals surface area contributed by atoms with Crippen LogP contribution in [0.3, 0.4) is 0 Å². The number of rotatable bonds is 7. The van der Waals surface area contributed by atoms with Gasteiger partial charge in [0.1, 0.15) is 0 Å². The van der Waals surface area contributed by atoms with Gasteiger partial charge in [0.05, 0.1) is 12.2 Å². The molecule has 0 aromatic heterocycles. The summed E-state index contributed by atoms with van der Waals surface area (Å²) in [6.45, 7) is 17.7. The van der Waals surface area contributed by atoms with E-state index in [2.05, 4.69) is 59.2 Å². The third-order valence-electron chi connectivity index (χ3n) is 3.14. The Morgan fingerprint density at radius 3 is 1.77 bits per heavy atom. The SMILES string of the molecule is CC(C)[C@@H](O[Si](C)(C)C)[C@H](O[Si](C)(C)C)c1ccccc1Cl. The molecule has 0 radical (unpaired) electrons. The van der Waals surface area contributed by atoms with E-state index < -0.39 is 16.6 Å². The summed E-state index contributed by atoms with van der Waals surface area (Å²) in [5.74, 6) is 0.365. The van der Waals surface area contributed by atoms with Crippen molar-refractivity contribution in [1.29, 1.82) is 0 Å². The monoisotopic (exact) mass is 358 g/mol. The summed E-state index contributed by atoms with van der Waals surface area (Å²) < 4.78 is 13.0. The Morgan fingerprint density at radius 2 is 1.36 bits per heavy atom. The van der Waals surface area contributed by atoms with Gasteiger partial charge in [0, 0.05) is 10.6 Å². The average Bonchev–Trinajstić information content (AvgIpc) is 2.32. The molecule has 0 saturated heterocycles. The Kier molecular flexibility index (Phi) is 6.90. The predicted molar refractivity (Wildman–Crippen MR) is 102 cm³/mol. The molecule has 0 aliphatic heterocycles. The Balaban J connectivity index is 3.25. The molecule has 0 aliphatic rings. The summed E-state index contributed by atoms with van der Waals surface area (Å²) >= 11 is 6.46. The summed E-state index contributed by atoms with van der Waals surface area (Å²) in [4.78, 5) is 0. The van der Waals surface area contributed by atoms with Gasteiger partial charge in [0.2, 0.25) is 0 Å². The first-order chi connectivity index (χ1) is 9.91. The lowest BCUT2D eigenvalue weighted by Crippen LogP contribution is -2.42. The molecule has 2 atom stereocenters. The van der Waals surface area contributed by atoms with Gasteiger partial charge in [0.15, 0.2) is 16.6 Å². The molecule has 0 spiro atoms. The molecule has 126 valence electrons. The zero-order valence-electron chi connectivity index (χ0n) is 15.2. The first kappa shape index (κ1) is 19.9. The molecule has 0 heterocycles. The van der Waals surface area contributed by atoms with Crippen LogP contribution in [0.1, 0.15) is 25.5 Å². The van der Waals surface area contributed by atoms with Gasteiger partial charge in [0.25, 0.3) is 0 Å². The standard InChI is InChI=1S/C17H31ClO2Si2/c1-13(2)16(19-21(3,4)5)17(20-22(6,7)8)14-11-9-10-12-15(14)18/h9-13,16-17H,1-8H3/t16-,17-/m1/s1. The van der Waals surface area contributed by atoms with Crippen molar-refractivity contribution in [1.82, 2.24) is 0 Å². The van der Waals surface area contributed by atoms with Crippen LogP contribution in [0.4, 0.5) is 0 Å². The van der Waals surface area contributed by atoms with Crippen molar-refractivity contribution in [2.24, 2.45) is 5.92 Å². The van der Waals surface area contributed by atoms with E-state index >= 15 is 0 Å². The molecule has 0 saturated carbocycles. The molecule has 2 nitrogen and oxygen atoms in total. The van der Waals surface area contributed by atoms with E-state index in [9.17, 15) is 0 Å². The summed E-state index contributed by atoms with van der Waals surface area (Å²) in [7, 11) is -3.41. The molecular weight excluding hydrogens is 328 g/mol. The van der Waals surface area contributed by atoms with E-state index in [1.165, 1.54) is 0 Å². The second-order valence-electron chi connectivity index (χ2n) is 8.11. The van der Waals surface area contributed by atoms with Crippen LogP contribution in [0.5, 0.6) is 0 Å². The highest BCUT2D eigenvalue weighted by molar-refractivity contribution is 6.70. The fourth-order valence-electron chi connectivity index (χ4n) is 2.35. The lowest BCUT2D eigenvalue weighted by molar-refractivity contribution is 0.0140. The highest BCUT2D eigenvalue weighted by Crippen LogP contribution is 2.36. The molecule has 0 amide bonds. The highest BCUT2D eigenvalue weighted by Gasteiger charge is 2.35. The predicted octanol–water partition coefficient (Wildman–Crippen LogP) is 6.11.